The Morgan fingerprint density at radius 2 is 1.41 bits per heavy atom. The van der Waals surface area contributed by atoms with Crippen molar-refractivity contribution in [1.82, 2.24) is 0 Å². The number of carbonyl (C=O) groups excluding carboxylic acids is 1. The Morgan fingerprint density at radius 3 is 1.76 bits per heavy atom. The lowest BCUT2D eigenvalue weighted by atomic mass is 9.48. The second-order valence-corrected chi connectivity index (χ2v) is 6.41. The zero-order valence-corrected chi connectivity index (χ0v) is 9.72. The van der Waals surface area contributed by atoms with Crippen molar-refractivity contribution in [3.05, 3.63) is 0 Å². The summed E-state index contributed by atoms with van der Waals surface area (Å²) in [5.41, 5.74) is -0.593. The van der Waals surface area contributed by atoms with E-state index in [1.165, 1.54) is 0 Å². The van der Waals surface area contributed by atoms with E-state index in [1.807, 2.05) is 0 Å². The first kappa shape index (κ1) is 11.5. The van der Waals surface area contributed by atoms with Crippen LogP contribution < -0.4 is 0 Å². The molecule has 17 heavy (non-hydrogen) atoms. The lowest BCUT2D eigenvalue weighted by molar-refractivity contribution is -0.169. The minimum atomic E-state index is -4.33. The van der Waals surface area contributed by atoms with Crippen molar-refractivity contribution in [2.24, 2.45) is 23.2 Å². The summed E-state index contributed by atoms with van der Waals surface area (Å²) in [6.07, 6.45) is 0.102. The van der Waals surface area contributed by atoms with E-state index in [0.29, 0.717) is 17.8 Å². The van der Waals surface area contributed by atoms with E-state index in [-0.39, 0.29) is 0 Å². The molecule has 1 nitrogen and oxygen atoms in total. The first-order valence-electron chi connectivity index (χ1n) is 6.46. The van der Waals surface area contributed by atoms with Crippen molar-refractivity contribution in [3.63, 3.8) is 0 Å². The van der Waals surface area contributed by atoms with Crippen molar-refractivity contribution in [1.29, 1.82) is 0 Å². The lowest BCUT2D eigenvalue weighted by Gasteiger charge is -2.56. The van der Waals surface area contributed by atoms with Crippen LogP contribution in [0, 0.1) is 23.2 Å². The van der Waals surface area contributed by atoms with Crippen LogP contribution in [-0.4, -0.2) is 12.0 Å². The fourth-order valence-corrected chi connectivity index (χ4v) is 4.82. The van der Waals surface area contributed by atoms with Crippen LogP contribution >= 0.6 is 0 Å². The van der Waals surface area contributed by atoms with E-state index in [1.54, 1.807) is 0 Å². The van der Waals surface area contributed by atoms with Gasteiger partial charge in [0.05, 0.1) is 0 Å². The summed E-state index contributed by atoms with van der Waals surface area (Å²) in [5, 5.41) is 0. The summed E-state index contributed by atoms with van der Waals surface area (Å²) in [4.78, 5) is 12.0. The Morgan fingerprint density at radius 1 is 1.00 bits per heavy atom. The molecule has 0 spiro atoms. The molecule has 96 valence electrons. The minimum Gasteiger partial charge on any atom is -0.299 e. The van der Waals surface area contributed by atoms with Crippen LogP contribution in [0.15, 0.2) is 0 Å². The number of halogens is 3. The second-order valence-electron chi connectivity index (χ2n) is 6.41. The molecule has 4 fully saturated rings. The van der Waals surface area contributed by atoms with Gasteiger partial charge in [0.25, 0.3) is 0 Å². The van der Waals surface area contributed by atoms with Crippen LogP contribution in [0.4, 0.5) is 13.2 Å². The van der Waals surface area contributed by atoms with Gasteiger partial charge in [-0.1, -0.05) is 0 Å². The fraction of sp³-hybridized carbons (Fsp3) is 0.923. The van der Waals surface area contributed by atoms with Gasteiger partial charge in [-0.25, -0.2) is 0 Å². The Balaban J connectivity index is 1.80. The van der Waals surface area contributed by atoms with Crippen molar-refractivity contribution in [2.75, 3.05) is 0 Å². The van der Waals surface area contributed by atoms with E-state index < -0.39 is 23.8 Å². The van der Waals surface area contributed by atoms with E-state index >= 15 is 0 Å². The lowest BCUT2D eigenvalue weighted by Crippen LogP contribution is -2.50. The van der Waals surface area contributed by atoms with Crippen LogP contribution in [-0.2, 0) is 4.79 Å². The standard InChI is InChI=1S/C13H17F3O/c14-13(15,16)7-11(17)12-4-8-1-9(5-12)3-10(2-8)6-12/h8-10H,1-7H2. The van der Waals surface area contributed by atoms with E-state index in [2.05, 4.69) is 0 Å². The molecule has 0 amide bonds. The largest absolute Gasteiger partial charge is 0.395 e. The van der Waals surface area contributed by atoms with Crippen molar-refractivity contribution in [2.45, 2.75) is 51.1 Å². The molecule has 4 rings (SSSR count). The number of hydrogen-bond donors (Lipinski definition) is 0. The number of rotatable bonds is 2. The highest BCUT2D eigenvalue weighted by molar-refractivity contribution is 5.85. The molecule has 4 aliphatic carbocycles. The molecule has 0 saturated heterocycles. The predicted molar refractivity (Wildman–Crippen MR) is 56.3 cm³/mol. The molecular weight excluding hydrogens is 229 g/mol. The molecule has 4 bridgehead atoms. The van der Waals surface area contributed by atoms with E-state index in [9.17, 15) is 18.0 Å². The first-order chi connectivity index (χ1) is 7.86. The fourth-order valence-electron chi connectivity index (χ4n) is 4.82. The summed E-state index contributed by atoms with van der Waals surface area (Å²) >= 11 is 0. The van der Waals surface area contributed by atoms with Crippen LogP contribution in [0.2, 0.25) is 0 Å². The molecule has 0 heterocycles. The highest BCUT2D eigenvalue weighted by Crippen LogP contribution is 2.60. The maximum Gasteiger partial charge on any atom is 0.395 e. The zero-order valence-electron chi connectivity index (χ0n) is 9.72. The van der Waals surface area contributed by atoms with Gasteiger partial charge in [-0.3, -0.25) is 4.79 Å². The molecule has 0 aromatic carbocycles. The highest BCUT2D eigenvalue weighted by Gasteiger charge is 2.55. The molecule has 0 N–H and O–H groups in total. The molecule has 0 aromatic rings. The molecule has 4 heteroatoms. The van der Waals surface area contributed by atoms with Crippen LogP contribution in [0.1, 0.15) is 44.9 Å². The first-order valence-corrected chi connectivity index (χ1v) is 6.46. The van der Waals surface area contributed by atoms with Crippen LogP contribution in [0.3, 0.4) is 0 Å². The molecule has 0 aliphatic heterocycles. The summed E-state index contributed by atoms with van der Waals surface area (Å²) in [5.74, 6) is 1.06. The third-order valence-electron chi connectivity index (χ3n) is 4.99. The Hall–Kier alpha value is -0.540. The summed E-state index contributed by atoms with van der Waals surface area (Å²) in [6, 6.07) is 0. The van der Waals surface area contributed by atoms with Crippen molar-refractivity contribution in [3.8, 4) is 0 Å². The molecule has 0 unspecified atom stereocenters. The van der Waals surface area contributed by atoms with Gasteiger partial charge in [0, 0.05) is 5.41 Å². The summed E-state index contributed by atoms with van der Waals surface area (Å²) in [6.45, 7) is 0. The number of alkyl halides is 3. The third kappa shape index (κ3) is 2.00. The van der Waals surface area contributed by atoms with E-state index in [4.69, 9.17) is 0 Å². The van der Waals surface area contributed by atoms with Gasteiger partial charge in [0.2, 0.25) is 0 Å². The van der Waals surface area contributed by atoms with Crippen LogP contribution in [0.5, 0.6) is 0 Å². The summed E-state index contributed by atoms with van der Waals surface area (Å²) in [7, 11) is 0. The smallest absolute Gasteiger partial charge is 0.299 e. The van der Waals surface area contributed by atoms with Crippen LogP contribution in [0.25, 0.3) is 0 Å². The molecule has 4 saturated carbocycles. The Bertz CT molecular complexity index is 310. The SMILES string of the molecule is O=C(CC(F)(F)F)C12CC3CC(CC(C3)C1)C2. The average molecular weight is 246 g/mol. The quantitative estimate of drug-likeness (QED) is 0.725. The highest BCUT2D eigenvalue weighted by atomic mass is 19.4. The Kier molecular flexibility index (Phi) is 2.37. The molecule has 0 radical (unpaired) electrons. The number of carbonyl (C=O) groups is 1. The zero-order chi connectivity index (χ0) is 12.3. The van der Waals surface area contributed by atoms with Gasteiger partial charge in [-0.2, -0.15) is 13.2 Å². The monoisotopic (exact) mass is 246 g/mol. The van der Waals surface area contributed by atoms with Gasteiger partial charge in [0.15, 0.2) is 0 Å². The molecular formula is C13H17F3O. The van der Waals surface area contributed by atoms with Crippen molar-refractivity contribution >= 4 is 5.78 Å². The van der Waals surface area contributed by atoms with Gasteiger partial charge in [-0.05, 0) is 56.3 Å². The summed E-state index contributed by atoms with van der Waals surface area (Å²) < 4.78 is 37.1. The molecule has 4 aliphatic rings. The maximum absolute atomic E-state index is 12.4. The predicted octanol–water partition coefficient (Wildman–Crippen LogP) is 3.72. The second kappa shape index (κ2) is 3.48. The van der Waals surface area contributed by atoms with Gasteiger partial charge in [0.1, 0.15) is 12.2 Å². The average Bonchev–Trinajstić information content (AvgIpc) is 2.12. The van der Waals surface area contributed by atoms with Gasteiger partial charge >= 0.3 is 6.18 Å². The minimum absolute atomic E-state index is 0.524. The van der Waals surface area contributed by atoms with E-state index in [0.717, 1.165) is 38.5 Å². The topological polar surface area (TPSA) is 17.1 Å². The normalized spacial score (nSPS) is 44.1. The van der Waals surface area contributed by atoms with Gasteiger partial charge < -0.3 is 0 Å². The van der Waals surface area contributed by atoms with Crippen molar-refractivity contribution < 1.29 is 18.0 Å². The maximum atomic E-state index is 12.4. The molecule has 0 atom stereocenters. The molecule has 0 aromatic heterocycles. The number of Topliss-reactive ketones (excluding diaryl/α,β-unsaturated/α-hetero) is 1. The van der Waals surface area contributed by atoms with Gasteiger partial charge in [-0.15, -0.1) is 0 Å². The number of ketones is 1. The Labute approximate surface area is 98.8 Å². The number of hydrogen-bond acceptors (Lipinski definition) is 1. The third-order valence-corrected chi connectivity index (χ3v) is 4.99.